The summed E-state index contributed by atoms with van der Waals surface area (Å²) in [5.74, 6) is -27.2. The molecule has 45 heavy (non-hydrogen) atoms. The summed E-state index contributed by atoms with van der Waals surface area (Å²) in [5, 5.41) is 20.3. The quantitative estimate of drug-likeness (QED) is 0.129. The topological polar surface area (TPSA) is 46.1 Å². The molecule has 0 fully saturated rings. The maximum atomic E-state index is 12.1. The van der Waals surface area contributed by atoms with Gasteiger partial charge in [0.1, 0.15) is 0 Å². The molecule has 0 aliphatic heterocycles. The van der Waals surface area contributed by atoms with Gasteiger partial charge < -0.3 is 10.2 Å². The first-order chi connectivity index (χ1) is 20.6. The summed E-state index contributed by atoms with van der Waals surface area (Å²) in [6.45, 7) is 8.75. The molecule has 0 unspecified atom stereocenters. The van der Waals surface area contributed by atoms with Crippen molar-refractivity contribution in [1.82, 2.24) is 0 Å². The van der Waals surface area contributed by atoms with Gasteiger partial charge in [-0.15, -0.1) is 0 Å². The number of rotatable bonds is 6. The van der Waals surface area contributed by atoms with Crippen LogP contribution in [-0.4, -0.2) is 0 Å². The Labute approximate surface area is 275 Å². The molecule has 2 aliphatic carbocycles. The molecule has 244 valence electrons. The molecule has 0 N–H and O–H groups in total. The number of benzene rings is 2. The Morgan fingerprint density at radius 2 is 0.756 bits per heavy atom. The number of hydrogen-bond acceptors (Lipinski definition) is 2. The van der Waals surface area contributed by atoms with E-state index in [4.69, 9.17) is 0 Å². The van der Waals surface area contributed by atoms with Crippen LogP contribution in [0.5, 0.6) is 11.5 Å². The van der Waals surface area contributed by atoms with Crippen LogP contribution in [-0.2, 0) is 26.2 Å². The Morgan fingerprint density at radius 1 is 0.511 bits per heavy atom. The van der Waals surface area contributed by atoms with Crippen LogP contribution in [0.15, 0.2) is 34.4 Å². The molecule has 2 aromatic carbocycles. The fraction of sp³-hybridized carbons (Fsp3) is 0.375. The molecule has 4 rings (SSSR count). The van der Waals surface area contributed by atoms with E-state index in [1.54, 1.807) is 0 Å². The van der Waals surface area contributed by atoms with Crippen molar-refractivity contribution in [3.05, 3.63) is 105 Å². The summed E-state index contributed by atoms with van der Waals surface area (Å²) in [5.41, 5.74) is 5.65. The first-order valence-electron chi connectivity index (χ1n) is 13.5. The van der Waals surface area contributed by atoms with Crippen LogP contribution in [0.25, 0.3) is 0 Å². The zero-order valence-electron chi connectivity index (χ0n) is 24.9. The van der Waals surface area contributed by atoms with Gasteiger partial charge in [0.2, 0.25) is 0 Å². The van der Waals surface area contributed by atoms with Gasteiger partial charge >= 0.3 is 26.2 Å². The van der Waals surface area contributed by atoms with Crippen molar-refractivity contribution in [3.8, 4) is 11.5 Å². The fourth-order valence-corrected chi connectivity index (χ4v) is 3.54. The van der Waals surface area contributed by atoms with E-state index in [1.165, 1.54) is 60.8 Å². The van der Waals surface area contributed by atoms with Crippen molar-refractivity contribution in [1.29, 1.82) is 0 Å². The van der Waals surface area contributed by atoms with Gasteiger partial charge in [0.25, 0.3) is 0 Å². The van der Waals surface area contributed by atoms with Gasteiger partial charge in [-0.3, -0.25) is 0 Å². The maximum absolute atomic E-state index is 12.1. The molecular weight excluding hydrogens is 698 g/mol. The summed E-state index contributed by atoms with van der Waals surface area (Å²) >= 11 is 0. The van der Waals surface area contributed by atoms with Crippen LogP contribution >= 0.6 is 0 Å². The number of unbranched alkanes of at least 4 members (excludes halogenated alkanes) is 2. The summed E-state index contributed by atoms with van der Waals surface area (Å²) < 4.78 is 121. The molecule has 0 saturated carbocycles. The van der Waals surface area contributed by atoms with E-state index in [1.807, 2.05) is 0 Å². The van der Waals surface area contributed by atoms with Crippen molar-refractivity contribution in [2.75, 3.05) is 0 Å². The predicted octanol–water partition coefficient (Wildman–Crippen LogP) is 9.42. The smallest absolute Gasteiger partial charge is 0.868 e. The monoisotopic (exact) mass is 726 g/mol. The van der Waals surface area contributed by atoms with Crippen LogP contribution in [0.3, 0.4) is 0 Å². The van der Waals surface area contributed by atoms with Gasteiger partial charge in [-0.2, -0.15) is 11.1 Å². The zero-order valence-corrected chi connectivity index (χ0v) is 27.4. The van der Waals surface area contributed by atoms with E-state index in [2.05, 4.69) is 52.0 Å². The molecule has 0 spiro atoms. The Kier molecular flexibility index (Phi) is 19.1. The summed E-state index contributed by atoms with van der Waals surface area (Å²) in [7, 11) is 0. The molecule has 0 aromatic heterocycles. The third-order valence-corrected chi connectivity index (χ3v) is 6.00. The van der Waals surface area contributed by atoms with E-state index < -0.39 is 69.7 Å². The molecule has 0 saturated heterocycles. The van der Waals surface area contributed by atoms with E-state index in [0.29, 0.717) is 0 Å². The first-order valence-corrected chi connectivity index (χ1v) is 13.5. The summed E-state index contributed by atoms with van der Waals surface area (Å²) in [4.78, 5) is 0. The molecule has 13 heteroatoms. The second kappa shape index (κ2) is 20.3. The van der Waals surface area contributed by atoms with Crippen molar-refractivity contribution in [3.63, 3.8) is 0 Å². The van der Waals surface area contributed by atoms with Crippen LogP contribution in [0.4, 0.5) is 43.9 Å². The second-order valence-corrected chi connectivity index (χ2v) is 9.68. The second-order valence-electron chi connectivity index (χ2n) is 9.68. The fourth-order valence-electron chi connectivity index (χ4n) is 3.54. The van der Waals surface area contributed by atoms with Crippen LogP contribution in [0, 0.1) is 70.3 Å². The Balaban J connectivity index is 0.000000571. The molecule has 2 nitrogen and oxygen atoms in total. The largest absolute Gasteiger partial charge is 4.00 e. The SMILES string of the molecule is CCCCC1=CCC(C)=[C-]1.CCCCC1=CCC(C)=[C-]1.[O-]c1c(F)c(F)c(F)c(F)c1F.[O-]c1c(F)c(F)c(F)c(F)c1F.[Zr+4]. The minimum Gasteiger partial charge on any atom is -0.868 e. The van der Waals surface area contributed by atoms with Gasteiger partial charge in [0, 0.05) is 0 Å². The van der Waals surface area contributed by atoms with E-state index >= 15 is 0 Å². The van der Waals surface area contributed by atoms with Crippen molar-refractivity contribution in [2.24, 2.45) is 0 Å². The Bertz CT molecular complexity index is 1110. The normalized spacial score (nSPS) is 13.1. The maximum Gasteiger partial charge on any atom is 4.00 e. The molecule has 0 amide bonds. The van der Waals surface area contributed by atoms with Crippen LogP contribution < -0.4 is 10.2 Å². The van der Waals surface area contributed by atoms with Gasteiger partial charge in [-0.25, -0.2) is 79.4 Å². The average Bonchev–Trinajstić information content (AvgIpc) is 3.64. The third-order valence-electron chi connectivity index (χ3n) is 6.00. The molecule has 0 bridgehead atoms. The van der Waals surface area contributed by atoms with E-state index in [9.17, 15) is 54.1 Å². The number of hydrogen-bond donors (Lipinski definition) is 0. The predicted molar refractivity (Wildman–Crippen MR) is 141 cm³/mol. The third kappa shape index (κ3) is 12.5. The summed E-state index contributed by atoms with van der Waals surface area (Å²) in [6, 6.07) is 0. The molecule has 0 atom stereocenters. The van der Waals surface area contributed by atoms with Gasteiger partial charge in [0.05, 0.1) is 0 Å². The zero-order chi connectivity index (χ0) is 33.7. The minimum atomic E-state index is -2.33. The number of halogens is 10. The molecular formula is C32H30F10O2Zr. The van der Waals surface area contributed by atoms with E-state index in [-0.39, 0.29) is 26.2 Å². The van der Waals surface area contributed by atoms with Crippen LogP contribution in [0.2, 0.25) is 0 Å². The first kappa shape index (κ1) is 42.2. The summed E-state index contributed by atoms with van der Waals surface area (Å²) in [6.07, 6.45) is 21.3. The van der Waals surface area contributed by atoms with E-state index in [0.717, 1.165) is 12.8 Å². The van der Waals surface area contributed by atoms with Gasteiger partial charge in [0.15, 0.2) is 58.2 Å². The standard InChI is InChI=1S/2C10H15.2C6HF5O.Zr/c2*1-3-4-5-10-7-6-9(2)8-10;2*7-1-2(8)4(10)6(12)5(11)3(1)9;/h2*7H,3-6H2,1-2H3;2*12H;/q2*-1;;;+4/p-2. The van der Waals surface area contributed by atoms with Crippen molar-refractivity contribution < 1.29 is 80.3 Å². The van der Waals surface area contributed by atoms with Gasteiger partial charge in [-0.1, -0.05) is 79.1 Å². The average molecular weight is 728 g/mol. The molecule has 2 aromatic rings. The molecule has 2 aliphatic rings. The Hall–Kier alpha value is -2.82. The van der Waals surface area contributed by atoms with Crippen LogP contribution in [0.1, 0.15) is 79.1 Å². The minimum absolute atomic E-state index is 0. The van der Waals surface area contributed by atoms with Crippen molar-refractivity contribution >= 4 is 0 Å². The molecule has 0 heterocycles. The van der Waals surface area contributed by atoms with Crippen molar-refractivity contribution in [2.45, 2.75) is 79.1 Å². The van der Waals surface area contributed by atoms with Gasteiger partial charge in [-0.05, 0) is 11.5 Å². The Morgan fingerprint density at radius 3 is 0.956 bits per heavy atom. The number of allylic oxidation sites excluding steroid dienone is 8. The molecule has 0 radical (unpaired) electrons.